The molecule has 0 aliphatic carbocycles. The molecule has 0 spiro atoms. The quantitative estimate of drug-likeness (QED) is 0.204. The van der Waals surface area contributed by atoms with Gasteiger partial charge in [0, 0.05) is 27.6 Å². The summed E-state index contributed by atoms with van der Waals surface area (Å²) in [6.07, 6.45) is 0.570. The molecule has 1 atom stereocenters. The second kappa shape index (κ2) is 9.49. The molecule has 1 unspecified atom stereocenters. The van der Waals surface area contributed by atoms with Gasteiger partial charge in [0.2, 0.25) is 0 Å². The van der Waals surface area contributed by atoms with E-state index in [1.54, 1.807) is 12.1 Å². The van der Waals surface area contributed by atoms with Crippen LogP contribution in [0.3, 0.4) is 0 Å². The SMILES string of the molecule is CCC1(c2ccc(F)cc2)Oc2cc3cc(Br)c(N=C(c4ccccc4)c4ccccc4)cc3cc2O1. The summed E-state index contributed by atoms with van der Waals surface area (Å²) in [7, 11) is 0. The van der Waals surface area contributed by atoms with Crippen LogP contribution in [0.15, 0.2) is 119 Å². The Morgan fingerprint density at radius 1 is 0.757 bits per heavy atom. The first-order valence-corrected chi connectivity index (χ1v) is 12.9. The molecule has 0 amide bonds. The molecule has 0 N–H and O–H groups in total. The molecular weight excluding hydrogens is 529 g/mol. The van der Waals surface area contributed by atoms with Crippen molar-refractivity contribution in [3.05, 3.63) is 136 Å². The zero-order valence-electron chi connectivity index (χ0n) is 20.1. The van der Waals surface area contributed by atoms with Crippen LogP contribution in [0.25, 0.3) is 10.8 Å². The molecule has 1 aliphatic heterocycles. The number of fused-ring (bicyclic) bond motifs is 2. The number of aliphatic imine (C=N–C) groups is 1. The smallest absolute Gasteiger partial charge is 0.278 e. The van der Waals surface area contributed by atoms with Crippen LogP contribution in [0.5, 0.6) is 11.5 Å². The first kappa shape index (κ1) is 23.4. The topological polar surface area (TPSA) is 30.8 Å². The lowest BCUT2D eigenvalue weighted by atomic mass is 10.0. The Morgan fingerprint density at radius 3 is 1.84 bits per heavy atom. The average Bonchev–Trinajstić information content (AvgIpc) is 3.30. The summed E-state index contributed by atoms with van der Waals surface area (Å²) in [6, 6.07) is 34.7. The van der Waals surface area contributed by atoms with Gasteiger partial charge >= 0.3 is 0 Å². The Balaban J connectivity index is 1.44. The van der Waals surface area contributed by atoms with Crippen LogP contribution in [0.4, 0.5) is 10.1 Å². The molecule has 5 aromatic rings. The van der Waals surface area contributed by atoms with Crippen molar-refractivity contribution in [1.82, 2.24) is 0 Å². The van der Waals surface area contributed by atoms with Crippen molar-refractivity contribution in [1.29, 1.82) is 0 Å². The van der Waals surface area contributed by atoms with Crippen molar-refractivity contribution in [2.45, 2.75) is 19.1 Å². The lowest BCUT2D eigenvalue weighted by molar-refractivity contribution is -0.0891. The molecule has 5 heteroatoms. The number of ether oxygens (including phenoxy) is 2. The molecule has 3 nitrogen and oxygen atoms in total. The van der Waals surface area contributed by atoms with Gasteiger partial charge in [0.1, 0.15) is 5.82 Å². The van der Waals surface area contributed by atoms with Crippen molar-refractivity contribution in [3.8, 4) is 11.5 Å². The summed E-state index contributed by atoms with van der Waals surface area (Å²) in [4.78, 5) is 5.11. The standard InChI is InChI=1S/C32H23BrFNO2/c1-2-32(25-13-15-26(34)16-14-25)36-29-19-23-17-27(33)28(18-24(23)20-30(29)37-32)35-31(21-9-5-3-6-10-21)22-11-7-4-8-12-22/h3-20H,2H2,1H3. The number of nitrogens with zero attached hydrogens (tertiary/aromatic N) is 1. The van der Waals surface area contributed by atoms with E-state index in [0.717, 1.165) is 43.3 Å². The van der Waals surface area contributed by atoms with Crippen LogP contribution in [-0.2, 0) is 5.79 Å². The van der Waals surface area contributed by atoms with E-state index in [-0.39, 0.29) is 5.82 Å². The van der Waals surface area contributed by atoms with E-state index in [9.17, 15) is 4.39 Å². The first-order chi connectivity index (χ1) is 18.0. The highest BCUT2D eigenvalue weighted by Gasteiger charge is 2.42. The normalized spacial score (nSPS) is 16.1. The first-order valence-electron chi connectivity index (χ1n) is 12.2. The summed E-state index contributed by atoms with van der Waals surface area (Å²) in [5, 5.41) is 1.98. The summed E-state index contributed by atoms with van der Waals surface area (Å²) in [5.74, 6) is 0.0392. The second-order valence-electron chi connectivity index (χ2n) is 8.96. The van der Waals surface area contributed by atoms with Gasteiger partial charge in [0.05, 0.1) is 11.4 Å². The fourth-order valence-corrected chi connectivity index (χ4v) is 5.12. The van der Waals surface area contributed by atoms with Gasteiger partial charge in [-0.1, -0.05) is 67.6 Å². The molecule has 0 aromatic heterocycles. The molecule has 0 radical (unpaired) electrons. The molecule has 0 saturated heterocycles. The lowest BCUT2D eigenvalue weighted by Crippen LogP contribution is -2.34. The molecule has 0 fully saturated rings. The summed E-state index contributed by atoms with van der Waals surface area (Å²) in [5.41, 5.74) is 4.56. The van der Waals surface area contributed by atoms with Gasteiger partial charge in [-0.25, -0.2) is 9.38 Å². The third-order valence-corrected chi connectivity index (χ3v) is 7.23. The second-order valence-corrected chi connectivity index (χ2v) is 9.81. The summed E-state index contributed by atoms with van der Waals surface area (Å²) < 4.78 is 27.1. The van der Waals surface area contributed by atoms with Gasteiger partial charge in [0.25, 0.3) is 5.79 Å². The van der Waals surface area contributed by atoms with E-state index in [1.165, 1.54) is 12.1 Å². The Hall–Kier alpha value is -3.96. The van der Waals surface area contributed by atoms with Crippen LogP contribution in [0.2, 0.25) is 0 Å². The van der Waals surface area contributed by atoms with Gasteiger partial charge in [-0.15, -0.1) is 0 Å². The zero-order chi connectivity index (χ0) is 25.4. The van der Waals surface area contributed by atoms with E-state index >= 15 is 0 Å². The molecule has 5 aromatic carbocycles. The molecule has 6 rings (SSSR count). The fraction of sp³-hybridized carbons (Fsp3) is 0.0938. The maximum absolute atomic E-state index is 13.5. The monoisotopic (exact) mass is 551 g/mol. The highest BCUT2D eigenvalue weighted by Crippen LogP contribution is 2.48. The molecular formula is C32H23BrFNO2. The highest BCUT2D eigenvalue weighted by atomic mass is 79.9. The van der Waals surface area contributed by atoms with Crippen molar-refractivity contribution in [2.75, 3.05) is 0 Å². The minimum Gasteiger partial charge on any atom is -0.444 e. The Labute approximate surface area is 223 Å². The van der Waals surface area contributed by atoms with Gasteiger partial charge in [-0.05, 0) is 75.2 Å². The minimum absolute atomic E-state index is 0.292. The number of rotatable bonds is 5. The Morgan fingerprint density at radius 2 is 1.30 bits per heavy atom. The van der Waals surface area contributed by atoms with Gasteiger partial charge in [-0.2, -0.15) is 0 Å². The van der Waals surface area contributed by atoms with Gasteiger partial charge in [-0.3, -0.25) is 0 Å². The molecule has 37 heavy (non-hydrogen) atoms. The van der Waals surface area contributed by atoms with Crippen LogP contribution in [0, 0.1) is 5.82 Å². The summed E-state index contributed by atoms with van der Waals surface area (Å²) >= 11 is 3.74. The lowest BCUT2D eigenvalue weighted by Gasteiger charge is -2.26. The number of benzene rings is 5. The third-order valence-electron chi connectivity index (χ3n) is 6.59. The predicted molar refractivity (Wildman–Crippen MR) is 149 cm³/mol. The van der Waals surface area contributed by atoms with Crippen molar-refractivity contribution in [3.63, 3.8) is 0 Å². The van der Waals surface area contributed by atoms with Gasteiger partial charge in [0.15, 0.2) is 11.5 Å². The molecule has 182 valence electrons. The fourth-order valence-electron chi connectivity index (χ4n) is 4.67. The Bertz CT molecular complexity index is 1580. The van der Waals surface area contributed by atoms with Crippen molar-refractivity contribution in [2.24, 2.45) is 4.99 Å². The van der Waals surface area contributed by atoms with Crippen LogP contribution in [-0.4, -0.2) is 5.71 Å². The predicted octanol–water partition coefficient (Wildman–Crippen LogP) is 8.94. The minimum atomic E-state index is -0.987. The highest BCUT2D eigenvalue weighted by molar-refractivity contribution is 9.10. The van der Waals surface area contributed by atoms with E-state index in [0.29, 0.717) is 17.9 Å². The van der Waals surface area contributed by atoms with Crippen LogP contribution >= 0.6 is 15.9 Å². The maximum atomic E-state index is 13.5. The van der Waals surface area contributed by atoms with Crippen molar-refractivity contribution >= 4 is 38.1 Å². The number of halogens is 2. The van der Waals surface area contributed by atoms with Gasteiger partial charge < -0.3 is 9.47 Å². The van der Waals surface area contributed by atoms with E-state index in [1.807, 2.05) is 55.5 Å². The molecule has 0 saturated carbocycles. The van der Waals surface area contributed by atoms with E-state index in [4.69, 9.17) is 14.5 Å². The van der Waals surface area contributed by atoms with Crippen LogP contribution in [0.1, 0.15) is 30.0 Å². The van der Waals surface area contributed by atoms with E-state index < -0.39 is 5.79 Å². The molecule has 1 aliphatic rings. The largest absolute Gasteiger partial charge is 0.444 e. The third kappa shape index (κ3) is 4.40. The molecule has 0 bridgehead atoms. The number of hydrogen-bond donors (Lipinski definition) is 0. The Kier molecular flexibility index (Phi) is 6.01. The van der Waals surface area contributed by atoms with E-state index in [2.05, 4.69) is 52.3 Å². The zero-order valence-corrected chi connectivity index (χ0v) is 21.7. The average molecular weight is 552 g/mol. The number of hydrogen-bond acceptors (Lipinski definition) is 3. The maximum Gasteiger partial charge on any atom is 0.278 e. The molecule has 1 heterocycles. The van der Waals surface area contributed by atoms with Crippen molar-refractivity contribution < 1.29 is 13.9 Å². The summed E-state index contributed by atoms with van der Waals surface area (Å²) in [6.45, 7) is 1.99. The van der Waals surface area contributed by atoms with Crippen LogP contribution < -0.4 is 9.47 Å².